The Morgan fingerprint density at radius 3 is 2.85 bits per heavy atom. The van der Waals surface area contributed by atoms with Gasteiger partial charge in [-0.25, -0.2) is 4.79 Å². The Labute approximate surface area is 115 Å². The van der Waals surface area contributed by atoms with Gasteiger partial charge < -0.3 is 14.8 Å². The van der Waals surface area contributed by atoms with Crippen molar-refractivity contribution in [2.24, 2.45) is 0 Å². The monoisotopic (exact) mass is 271 g/mol. The molecule has 1 aromatic heterocycles. The number of ether oxygens (including phenoxy) is 1. The average molecular weight is 271 g/mol. The molecule has 0 bridgehead atoms. The fourth-order valence-corrected chi connectivity index (χ4v) is 2.48. The van der Waals surface area contributed by atoms with Gasteiger partial charge in [0.25, 0.3) is 0 Å². The van der Waals surface area contributed by atoms with Crippen molar-refractivity contribution in [3.8, 4) is 5.75 Å². The SMILES string of the molecule is O=C(O)c1cc(C(=O)C2CCOc3ccccc32)c[nH]1. The summed E-state index contributed by atoms with van der Waals surface area (Å²) in [6.07, 6.45) is 2.05. The van der Waals surface area contributed by atoms with Gasteiger partial charge in [-0.15, -0.1) is 0 Å². The van der Waals surface area contributed by atoms with E-state index < -0.39 is 5.97 Å². The number of benzene rings is 1. The number of aromatic amines is 1. The number of carbonyl (C=O) groups is 2. The van der Waals surface area contributed by atoms with Crippen molar-refractivity contribution in [2.45, 2.75) is 12.3 Å². The van der Waals surface area contributed by atoms with Gasteiger partial charge in [0, 0.05) is 17.3 Å². The Balaban J connectivity index is 1.93. The van der Waals surface area contributed by atoms with Gasteiger partial charge in [-0.1, -0.05) is 18.2 Å². The quantitative estimate of drug-likeness (QED) is 0.840. The van der Waals surface area contributed by atoms with Crippen LogP contribution in [0.3, 0.4) is 0 Å². The maximum atomic E-state index is 12.5. The van der Waals surface area contributed by atoms with Crippen LogP contribution in [0.4, 0.5) is 0 Å². The van der Waals surface area contributed by atoms with Crippen LogP contribution < -0.4 is 4.74 Å². The van der Waals surface area contributed by atoms with Crippen molar-refractivity contribution in [2.75, 3.05) is 6.61 Å². The molecule has 0 radical (unpaired) electrons. The van der Waals surface area contributed by atoms with Crippen molar-refractivity contribution < 1.29 is 19.4 Å². The summed E-state index contributed by atoms with van der Waals surface area (Å²) in [5, 5.41) is 8.89. The smallest absolute Gasteiger partial charge is 0.352 e. The molecule has 3 rings (SSSR count). The molecule has 2 aromatic rings. The van der Waals surface area contributed by atoms with E-state index in [0.29, 0.717) is 18.6 Å². The number of rotatable bonds is 3. The number of nitrogens with one attached hydrogen (secondary N) is 1. The summed E-state index contributed by atoms with van der Waals surface area (Å²) in [7, 11) is 0. The maximum absolute atomic E-state index is 12.5. The van der Waals surface area contributed by atoms with Crippen molar-refractivity contribution in [3.63, 3.8) is 0 Å². The number of aromatic nitrogens is 1. The Morgan fingerprint density at radius 1 is 1.30 bits per heavy atom. The molecule has 0 saturated carbocycles. The third-order valence-corrected chi connectivity index (χ3v) is 3.47. The Morgan fingerprint density at radius 2 is 2.10 bits per heavy atom. The number of hydrogen-bond acceptors (Lipinski definition) is 3. The molecule has 1 aromatic carbocycles. The summed E-state index contributed by atoms with van der Waals surface area (Å²) in [5.41, 5.74) is 1.28. The lowest BCUT2D eigenvalue weighted by Crippen LogP contribution is -2.21. The first-order valence-electron chi connectivity index (χ1n) is 6.34. The molecular weight excluding hydrogens is 258 g/mol. The van der Waals surface area contributed by atoms with E-state index >= 15 is 0 Å². The van der Waals surface area contributed by atoms with Crippen molar-refractivity contribution in [3.05, 3.63) is 53.3 Å². The van der Waals surface area contributed by atoms with Gasteiger partial charge in [-0.2, -0.15) is 0 Å². The zero-order valence-corrected chi connectivity index (χ0v) is 10.6. The van der Waals surface area contributed by atoms with Gasteiger partial charge in [0.05, 0.1) is 12.5 Å². The number of fused-ring (bicyclic) bond motifs is 1. The van der Waals surface area contributed by atoms with Crippen LogP contribution in [-0.4, -0.2) is 28.4 Å². The maximum Gasteiger partial charge on any atom is 0.352 e. The van der Waals surface area contributed by atoms with Crippen molar-refractivity contribution in [1.82, 2.24) is 4.98 Å². The molecule has 0 spiro atoms. The molecule has 1 aliphatic heterocycles. The van der Waals surface area contributed by atoms with Crippen molar-refractivity contribution in [1.29, 1.82) is 0 Å². The Bertz CT molecular complexity index is 674. The van der Waals surface area contributed by atoms with Crippen LogP contribution in [0, 0.1) is 0 Å². The number of carbonyl (C=O) groups excluding carboxylic acids is 1. The fraction of sp³-hybridized carbons (Fsp3) is 0.200. The highest BCUT2D eigenvalue weighted by atomic mass is 16.5. The first-order valence-corrected chi connectivity index (χ1v) is 6.34. The number of ketones is 1. The number of Topliss-reactive ketones (excluding diaryl/α,β-unsaturated/α-hetero) is 1. The van der Waals surface area contributed by atoms with E-state index in [-0.39, 0.29) is 17.4 Å². The fourth-order valence-electron chi connectivity index (χ4n) is 2.48. The number of carboxylic acid groups (broad SMARTS) is 1. The second-order valence-corrected chi connectivity index (χ2v) is 4.70. The third-order valence-electron chi connectivity index (χ3n) is 3.47. The standard InChI is InChI=1S/C15H13NO4/c17-14(9-7-12(15(18)19)16-8-9)11-5-6-20-13-4-2-1-3-10(11)13/h1-4,7-8,11,16H,5-6H2,(H,18,19). The molecule has 0 fully saturated rings. The first-order chi connectivity index (χ1) is 9.66. The van der Waals surface area contributed by atoms with E-state index in [9.17, 15) is 9.59 Å². The van der Waals surface area contributed by atoms with Gasteiger partial charge in [-0.05, 0) is 18.6 Å². The molecule has 1 unspecified atom stereocenters. The van der Waals surface area contributed by atoms with E-state index in [2.05, 4.69) is 4.98 Å². The van der Waals surface area contributed by atoms with Crippen LogP contribution in [0.5, 0.6) is 5.75 Å². The lowest BCUT2D eigenvalue weighted by molar-refractivity contribution is 0.0691. The molecule has 20 heavy (non-hydrogen) atoms. The van der Waals surface area contributed by atoms with Crippen LogP contribution in [0.25, 0.3) is 0 Å². The lowest BCUT2D eigenvalue weighted by Gasteiger charge is -2.24. The third kappa shape index (κ3) is 2.07. The van der Waals surface area contributed by atoms with Crippen molar-refractivity contribution >= 4 is 11.8 Å². The number of hydrogen-bond donors (Lipinski definition) is 2. The molecule has 1 aliphatic rings. The van der Waals surface area contributed by atoms with Crippen LogP contribution in [0.1, 0.15) is 38.7 Å². The second-order valence-electron chi connectivity index (χ2n) is 4.70. The van der Waals surface area contributed by atoms with Crippen LogP contribution in [0.15, 0.2) is 36.5 Å². The lowest BCUT2D eigenvalue weighted by atomic mass is 9.87. The highest BCUT2D eigenvalue weighted by molar-refractivity contribution is 6.03. The number of carboxylic acids is 1. The second kappa shape index (κ2) is 4.85. The van der Waals surface area contributed by atoms with Crippen LogP contribution >= 0.6 is 0 Å². The number of H-pyrrole nitrogens is 1. The molecular formula is C15H13NO4. The number of aromatic carboxylic acids is 1. The minimum atomic E-state index is -1.07. The average Bonchev–Trinajstić information content (AvgIpc) is 2.96. The van der Waals surface area contributed by atoms with E-state index in [4.69, 9.17) is 9.84 Å². The van der Waals surface area contributed by atoms with Gasteiger partial charge in [0.1, 0.15) is 11.4 Å². The van der Waals surface area contributed by atoms with Gasteiger partial charge in [0.2, 0.25) is 0 Å². The predicted octanol–water partition coefficient (Wildman–Crippen LogP) is 2.46. The first kappa shape index (κ1) is 12.5. The molecule has 0 saturated heterocycles. The van der Waals surface area contributed by atoms with Gasteiger partial charge in [0.15, 0.2) is 5.78 Å². The van der Waals surface area contributed by atoms with E-state index in [0.717, 1.165) is 11.3 Å². The van der Waals surface area contributed by atoms with E-state index in [1.54, 1.807) is 0 Å². The molecule has 0 amide bonds. The normalized spacial score (nSPS) is 17.1. The summed E-state index contributed by atoms with van der Waals surface area (Å²) in [4.78, 5) is 26.0. The minimum absolute atomic E-state index is 0.0219. The summed E-state index contributed by atoms with van der Waals surface area (Å²) in [6.45, 7) is 0.490. The molecule has 1 atom stereocenters. The molecule has 2 heterocycles. The van der Waals surface area contributed by atoms with Crippen LogP contribution in [-0.2, 0) is 0 Å². The summed E-state index contributed by atoms with van der Waals surface area (Å²) in [6, 6.07) is 8.83. The Kier molecular flexibility index (Phi) is 3.02. The number of para-hydroxylation sites is 1. The summed E-state index contributed by atoms with van der Waals surface area (Å²) in [5.74, 6) is -0.704. The highest BCUT2D eigenvalue weighted by Crippen LogP contribution is 2.35. The summed E-state index contributed by atoms with van der Waals surface area (Å²) >= 11 is 0. The minimum Gasteiger partial charge on any atom is -0.493 e. The highest BCUT2D eigenvalue weighted by Gasteiger charge is 2.29. The van der Waals surface area contributed by atoms with E-state index in [1.165, 1.54) is 12.3 Å². The van der Waals surface area contributed by atoms with Gasteiger partial charge in [-0.3, -0.25) is 4.79 Å². The zero-order valence-electron chi connectivity index (χ0n) is 10.6. The van der Waals surface area contributed by atoms with Gasteiger partial charge >= 0.3 is 5.97 Å². The van der Waals surface area contributed by atoms with Crippen LogP contribution in [0.2, 0.25) is 0 Å². The molecule has 5 heteroatoms. The zero-order chi connectivity index (χ0) is 14.1. The molecule has 102 valence electrons. The topological polar surface area (TPSA) is 79.4 Å². The Hall–Kier alpha value is -2.56. The molecule has 2 N–H and O–H groups in total. The predicted molar refractivity (Wildman–Crippen MR) is 71.4 cm³/mol. The molecule has 5 nitrogen and oxygen atoms in total. The molecule has 0 aliphatic carbocycles. The largest absolute Gasteiger partial charge is 0.493 e. The van der Waals surface area contributed by atoms with E-state index in [1.807, 2.05) is 24.3 Å². The summed E-state index contributed by atoms with van der Waals surface area (Å²) < 4.78 is 5.53.